The molecule has 1 aliphatic rings. The zero-order valence-corrected chi connectivity index (χ0v) is 16.6. The van der Waals surface area contributed by atoms with Gasteiger partial charge in [-0.05, 0) is 30.5 Å². The summed E-state index contributed by atoms with van der Waals surface area (Å²) in [4.78, 5) is 11.6. The zero-order chi connectivity index (χ0) is 19.3. The number of unbranched alkanes of at least 4 members (excludes halogenated alkanes) is 6. The van der Waals surface area contributed by atoms with E-state index >= 15 is 0 Å². The van der Waals surface area contributed by atoms with Crippen LogP contribution < -0.4 is 0 Å². The van der Waals surface area contributed by atoms with Crippen LogP contribution in [0.25, 0.3) is 0 Å². The fourth-order valence-electron chi connectivity index (χ4n) is 3.02. The highest BCUT2D eigenvalue weighted by atomic mass is 16.6. The number of hydrogen-bond donors (Lipinski definition) is 0. The zero-order valence-electron chi connectivity index (χ0n) is 16.6. The van der Waals surface area contributed by atoms with Gasteiger partial charge in [-0.1, -0.05) is 87.6 Å². The number of ether oxygens (including phenoxy) is 2. The lowest BCUT2D eigenvalue weighted by Gasteiger charge is -2.00. The van der Waals surface area contributed by atoms with Crippen molar-refractivity contribution in [2.75, 3.05) is 7.11 Å². The average molecular weight is 369 g/mol. The van der Waals surface area contributed by atoms with Crippen LogP contribution in [0.3, 0.4) is 0 Å². The van der Waals surface area contributed by atoms with Crippen molar-refractivity contribution in [3.63, 3.8) is 0 Å². The summed E-state index contributed by atoms with van der Waals surface area (Å²) in [5, 5.41) is 0. The van der Waals surface area contributed by atoms with Crippen molar-refractivity contribution in [2.45, 2.75) is 64.1 Å². The molecule has 1 saturated heterocycles. The van der Waals surface area contributed by atoms with E-state index in [2.05, 4.69) is 25.2 Å². The molecule has 0 N–H and O–H groups in total. The monoisotopic (exact) mass is 368 g/mol. The first-order valence-corrected chi connectivity index (χ1v) is 10.1. The number of carbonyl (C=O) groups excluding carboxylic acids is 1. The Morgan fingerprint density at radius 1 is 1.07 bits per heavy atom. The Morgan fingerprint density at radius 2 is 1.85 bits per heavy atom. The van der Waals surface area contributed by atoms with Crippen LogP contribution in [0.4, 0.5) is 0 Å². The number of rotatable bonds is 12. The molecule has 27 heavy (non-hydrogen) atoms. The van der Waals surface area contributed by atoms with E-state index in [1.54, 1.807) is 6.07 Å². The molecule has 1 aliphatic heterocycles. The van der Waals surface area contributed by atoms with E-state index in [0.717, 1.165) is 12.0 Å². The molecule has 0 spiro atoms. The smallest absolute Gasteiger partial charge is 0.337 e. The Hall–Kier alpha value is -2.13. The first-order valence-electron chi connectivity index (χ1n) is 10.1. The van der Waals surface area contributed by atoms with Crippen molar-refractivity contribution in [1.29, 1.82) is 0 Å². The molecule has 3 nitrogen and oxygen atoms in total. The molecule has 2 atom stereocenters. The van der Waals surface area contributed by atoms with Gasteiger partial charge in [0.15, 0.2) is 0 Å². The molecule has 146 valence electrons. The lowest BCUT2D eigenvalue weighted by molar-refractivity contribution is 0.0600. The van der Waals surface area contributed by atoms with E-state index in [-0.39, 0.29) is 18.2 Å². The third-order valence-electron chi connectivity index (χ3n) is 4.66. The van der Waals surface area contributed by atoms with Crippen molar-refractivity contribution in [3.8, 4) is 0 Å². The summed E-state index contributed by atoms with van der Waals surface area (Å²) in [6, 6.07) is 7.43. The van der Waals surface area contributed by atoms with Gasteiger partial charge in [-0.25, -0.2) is 4.79 Å². The summed E-state index contributed by atoms with van der Waals surface area (Å²) in [6.45, 7) is 2.25. The summed E-state index contributed by atoms with van der Waals surface area (Å²) in [5.41, 5.74) is 1.57. The van der Waals surface area contributed by atoms with Gasteiger partial charge < -0.3 is 9.47 Å². The fraction of sp³-hybridized carbons (Fsp3) is 0.458. The molecule has 0 saturated carbocycles. The first kappa shape index (κ1) is 21.2. The minimum absolute atomic E-state index is 0.0301. The molecule has 0 bridgehead atoms. The SMILES string of the molecule is CCCCCCCC/C=C/C=C/C=C/C1OC1c1cccc(C(=O)OC)c1. The largest absolute Gasteiger partial charge is 0.465 e. The summed E-state index contributed by atoms with van der Waals surface area (Å²) in [6.07, 6.45) is 21.8. The maximum Gasteiger partial charge on any atom is 0.337 e. The second-order valence-electron chi connectivity index (χ2n) is 6.89. The van der Waals surface area contributed by atoms with E-state index in [1.165, 1.54) is 45.6 Å². The summed E-state index contributed by atoms with van der Waals surface area (Å²) in [5.74, 6) is -0.319. The molecule has 0 radical (unpaired) electrons. The van der Waals surface area contributed by atoms with Crippen molar-refractivity contribution in [3.05, 3.63) is 71.8 Å². The van der Waals surface area contributed by atoms with Gasteiger partial charge >= 0.3 is 5.97 Å². The Bertz CT molecular complexity index is 657. The lowest BCUT2D eigenvalue weighted by Crippen LogP contribution is -2.01. The molecule has 1 heterocycles. The van der Waals surface area contributed by atoms with E-state index in [9.17, 15) is 4.79 Å². The normalized spacial score (nSPS) is 19.3. The molecule has 2 unspecified atom stereocenters. The molecule has 1 fully saturated rings. The Kier molecular flexibility index (Phi) is 9.64. The van der Waals surface area contributed by atoms with Crippen molar-refractivity contribution in [1.82, 2.24) is 0 Å². The third kappa shape index (κ3) is 7.96. The Balaban J connectivity index is 1.63. The predicted octanol–water partition coefficient (Wildman–Crippen LogP) is 6.33. The average Bonchev–Trinajstić information content (AvgIpc) is 3.48. The predicted molar refractivity (Wildman–Crippen MR) is 111 cm³/mol. The van der Waals surface area contributed by atoms with Crippen LogP contribution >= 0.6 is 0 Å². The number of methoxy groups -OCH3 is 1. The highest BCUT2D eigenvalue weighted by Gasteiger charge is 2.37. The van der Waals surface area contributed by atoms with Gasteiger partial charge in [0.1, 0.15) is 12.2 Å². The summed E-state index contributed by atoms with van der Waals surface area (Å²) in [7, 11) is 1.39. The second-order valence-corrected chi connectivity index (χ2v) is 6.89. The lowest BCUT2D eigenvalue weighted by atomic mass is 10.1. The van der Waals surface area contributed by atoms with Crippen molar-refractivity contribution in [2.24, 2.45) is 0 Å². The molecule has 1 aromatic rings. The summed E-state index contributed by atoms with van der Waals surface area (Å²) < 4.78 is 10.4. The second kappa shape index (κ2) is 12.3. The molecular formula is C24H32O3. The summed E-state index contributed by atoms with van der Waals surface area (Å²) >= 11 is 0. The minimum Gasteiger partial charge on any atom is -0.465 e. The van der Waals surface area contributed by atoms with Gasteiger partial charge in [0.05, 0.1) is 12.7 Å². The quantitative estimate of drug-likeness (QED) is 0.187. The van der Waals surface area contributed by atoms with E-state index in [0.29, 0.717) is 5.56 Å². The molecule has 3 heteroatoms. The first-order chi connectivity index (χ1) is 13.3. The van der Waals surface area contributed by atoms with Gasteiger partial charge in [0.2, 0.25) is 0 Å². The van der Waals surface area contributed by atoms with Crippen LogP contribution in [0, 0.1) is 0 Å². The third-order valence-corrected chi connectivity index (χ3v) is 4.66. The fourth-order valence-corrected chi connectivity index (χ4v) is 3.02. The highest BCUT2D eigenvalue weighted by Crippen LogP contribution is 2.39. The van der Waals surface area contributed by atoms with Gasteiger partial charge in [-0.15, -0.1) is 0 Å². The van der Waals surface area contributed by atoms with Crippen molar-refractivity contribution >= 4 is 5.97 Å². The van der Waals surface area contributed by atoms with E-state index in [4.69, 9.17) is 9.47 Å². The van der Waals surface area contributed by atoms with Gasteiger partial charge in [0, 0.05) is 0 Å². The van der Waals surface area contributed by atoms with E-state index in [1.807, 2.05) is 36.4 Å². The van der Waals surface area contributed by atoms with Crippen LogP contribution in [0.2, 0.25) is 0 Å². The van der Waals surface area contributed by atoms with Gasteiger partial charge in [0.25, 0.3) is 0 Å². The maximum absolute atomic E-state index is 11.6. The van der Waals surface area contributed by atoms with E-state index < -0.39 is 0 Å². The number of benzene rings is 1. The Labute approximate surface area is 163 Å². The number of allylic oxidation sites excluding steroid dienone is 5. The molecule has 0 aromatic heterocycles. The Morgan fingerprint density at radius 3 is 2.67 bits per heavy atom. The van der Waals surface area contributed by atoms with Gasteiger partial charge in [-0.3, -0.25) is 0 Å². The number of hydrogen-bond acceptors (Lipinski definition) is 3. The van der Waals surface area contributed by atoms with Gasteiger partial charge in [-0.2, -0.15) is 0 Å². The van der Waals surface area contributed by atoms with Crippen LogP contribution in [0.15, 0.2) is 60.7 Å². The molecule has 0 aliphatic carbocycles. The molecular weight excluding hydrogens is 336 g/mol. The number of esters is 1. The molecule has 2 rings (SSSR count). The van der Waals surface area contributed by atoms with Crippen LogP contribution in [-0.4, -0.2) is 19.2 Å². The molecule has 0 amide bonds. The van der Waals surface area contributed by atoms with Crippen LogP contribution in [-0.2, 0) is 9.47 Å². The number of carbonyl (C=O) groups is 1. The van der Waals surface area contributed by atoms with Crippen LogP contribution in [0.5, 0.6) is 0 Å². The maximum atomic E-state index is 11.6. The highest BCUT2D eigenvalue weighted by molar-refractivity contribution is 5.89. The topological polar surface area (TPSA) is 38.8 Å². The van der Waals surface area contributed by atoms with Crippen LogP contribution in [0.1, 0.15) is 73.9 Å². The van der Waals surface area contributed by atoms with Crippen molar-refractivity contribution < 1.29 is 14.3 Å². The standard InChI is InChI=1S/C24H32O3/c1-3-4-5-6-7-8-9-10-11-12-13-14-18-22-23(27-22)20-16-15-17-21(19-20)24(25)26-2/h10-19,22-23H,3-9H2,1-2H3/b11-10+,13-12+,18-14+. The minimum atomic E-state index is -0.319. The number of epoxide rings is 1. The molecule has 1 aromatic carbocycles.